The van der Waals surface area contributed by atoms with E-state index in [1.54, 1.807) is 18.2 Å². The molecule has 0 spiro atoms. The second kappa shape index (κ2) is 13.6. The highest BCUT2D eigenvalue weighted by atomic mass is 19.1. The summed E-state index contributed by atoms with van der Waals surface area (Å²) in [6.45, 7) is 4.51. The molecule has 39 heavy (non-hydrogen) atoms. The maximum Gasteiger partial charge on any atom is 0.328 e. The fourth-order valence-electron chi connectivity index (χ4n) is 4.19. The van der Waals surface area contributed by atoms with Gasteiger partial charge in [0.25, 0.3) is 0 Å². The number of aliphatic hydroxyl groups is 1. The van der Waals surface area contributed by atoms with E-state index in [1.807, 2.05) is 26.0 Å². The van der Waals surface area contributed by atoms with Crippen LogP contribution in [0.2, 0.25) is 0 Å². The Balaban J connectivity index is 0.000000459. The number of hydrogen-bond acceptors (Lipinski definition) is 7. The summed E-state index contributed by atoms with van der Waals surface area (Å²) in [7, 11) is 0. The smallest absolute Gasteiger partial charge is 0.328 e. The van der Waals surface area contributed by atoms with Gasteiger partial charge >= 0.3 is 11.9 Å². The van der Waals surface area contributed by atoms with Crippen molar-refractivity contribution in [2.24, 2.45) is 11.0 Å². The fraction of sp³-hybridized carbons (Fsp3) is 0.357. The van der Waals surface area contributed by atoms with Gasteiger partial charge in [0.1, 0.15) is 30.0 Å². The van der Waals surface area contributed by atoms with Crippen LogP contribution in [0.25, 0.3) is 0 Å². The molecule has 1 amide bonds. The quantitative estimate of drug-likeness (QED) is 0.354. The molecule has 4 rings (SSSR count). The number of carboxylic acids is 2. The lowest BCUT2D eigenvalue weighted by Gasteiger charge is -2.33. The number of aliphatic hydroxyl groups excluding tert-OH is 1. The van der Waals surface area contributed by atoms with Crippen molar-refractivity contribution in [3.05, 3.63) is 71.6 Å². The Morgan fingerprint density at radius 1 is 1.18 bits per heavy atom. The van der Waals surface area contributed by atoms with E-state index in [1.165, 1.54) is 17.1 Å². The Bertz CT molecular complexity index is 1250. The summed E-state index contributed by atoms with van der Waals surface area (Å²) in [6.07, 6.45) is 2.39. The van der Waals surface area contributed by atoms with Crippen molar-refractivity contribution in [1.82, 2.24) is 5.32 Å². The third-order valence-electron chi connectivity index (χ3n) is 6.02. The van der Waals surface area contributed by atoms with Gasteiger partial charge in [-0.3, -0.25) is 4.79 Å². The van der Waals surface area contributed by atoms with E-state index >= 15 is 0 Å². The number of benzene rings is 2. The standard InChI is InChI=1S/C24H28FN3O3.C4H4O4/c1-15(2)26-13-19(29)14-31-22-6-4-3-5-21(22)28-23(30)11-17-8-7-16-9-10-18(25)12-20(16)24(17)27-28;5-3(6)1-2-4(7)8/h3-6,9-10,12,15,17,19,26,29H,7-8,11,13-14H2,1-2H3;1-2H,(H,5,6)(H,7,8). The molecule has 1 aliphatic heterocycles. The van der Waals surface area contributed by atoms with E-state index in [0.717, 1.165) is 29.7 Å². The van der Waals surface area contributed by atoms with Gasteiger partial charge in [-0.1, -0.05) is 32.0 Å². The Hall–Kier alpha value is -4.09. The molecule has 0 bridgehead atoms. The number of nitrogens with zero attached hydrogens (tertiary/aromatic N) is 2. The number of para-hydroxylation sites is 2. The molecule has 0 aromatic heterocycles. The van der Waals surface area contributed by atoms with E-state index < -0.39 is 18.0 Å². The SMILES string of the molecule is CC(C)NCC(O)COc1ccccc1N1N=C2c3cc(F)ccc3CCC2CC1=O.O=C(O)C=CC(=O)O. The van der Waals surface area contributed by atoms with Crippen LogP contribution in [0.3, 0.4) is 0 Å². The number of ether oxygens (including phenoxy) is 1. The number of nitrogens with one attached hydrogen (secondary N) is 1. The molecule has 0 saturated heterocycles. The summed E-state index contributed by atoms with van der Waals surface area (Å²) in [6, 6.07) is 12.2. The zero-order valence-corrected chi connectivity index (χ0v) is 21.7. The first-order chi connectivity index (χ1) is 18.5. The van der Waals surface area contributed by atoms with Gasteiger partial charge in [0.05, 0.1) is 5.71 Å². The van der Waals surface area contributed by atoms with Gasteiger partial charge in [-0.15, -0.1) is 0 Å². The van der Waals surface area contributed by atoms with Crippen molar-refractivity contribution in [2.75, 3.05) is 18.2 Å². The van der Waals surface area contributed by atoms with Gasteiger partial charge in [-0.05, 0) is 42.7 Å². The number of amides is 1. The minimum absolute atomic E-state index is 0.00457. The van der Waals surface area contributed by atoms with Crippen LogP contribution < -0.4 is 15.1 Å². The van der Waals surface area contributed by atoms with Gasteiger partial charge in [-0.25, -0.2) is 14.0 Å². The Kier molecular flexibility index (Phi) is 10.3. The van der Waals surface area contributed by atoms with Crippen molar-refractivity contribution in [2.45, 2.75) is 45.3 Å². The number of rotatable bonds is 9. The van der Waals surface area contributed by atoms with Crippen LogP contribution in [-0.2, 0) is 20.8 Å². The van der Waals surface area contributed by atoms with Crippen LogP contribution >= 0.6 is 0 Å². The maximum atomic E-state index is 13.9. The zero-order chi connectivity index (χ0) is 28.5. The van der Waals surface area contributed by atoms with Crippen molar-refractivity contribution >= 4 is 29.2 Å². The summed E-state index contributed by atoms with van der Waals surface area (Å²) in [5.41, 5.74) is 3.10. The average molecular weight is 542 g/mol. The minimum atomic E-state index is -1.26. The molecule has 2 aliphatic rings. The topological polar surface area (TPSA) is 149 Å². The number of aryl methyl sites for hydroxylation is 1. The molecule has 208 valence electrons. The molecule has 2 aromatic carbocycles. The molecular formula is C28H32FN3O7. The summed E-state index contributed by atoms with van der Waals surface area (Å²) >= 11 is 0. The van der Waals surface area contributed by atoms with Crippen LogP contribution in [-0.4, -0.2) is 64.2 Å². The van der Waals surface area contributed by atoms with Crippen molar-refractivity contribution in [1.29, 1.82) is 0 Å². The Labute approximate surface area is 225 Å². The van der Waals surface area contributed by atoms with Gasteiger partial charge < -0.3 is 25.4 Å². The first-order valence-electron chi connectivity index (χ1n) is 12.5. The molecule has 4 N–H and O–H groups in total. The number of carbonyl (C=O) groups excluding carboxylic acids is 1. The molecule has 0 radical (unpaired) electrons. The number of fused-ring (bicyclic) bond motifs is 3. The van der Waals surface area contributed by atoms with Crippen molar-refractivity contribution < 1.29 is 38.8 Å². The zero-order valence-electron chi connectivity index (χ0n) is 21.7. The molecule has 0 saturated carbocycles. The molecule has 2 atom stereocenters. The van der Waals surface area contributed by atoms with E-state index in [0.29, 0.717) is 36.6 Å². The second-order valence-corrected chi connectivity index (χ2v) is 9.44. The van der Waals surface area contributed by atoms with Crippen LogP contribution in [0.1, 0.15) is 37.8 Å². The fourth-order valence-corrected chi connectivity index (χ4v) is 4.19. The summed E-state index contributed by atoms with van der Waals surface area (Å²) < 4.78 is 19.8. The highest BCUT2D eigenvalue weighted by Gasteiger charge is 2.35. The highest BCUT2D eigenvalue weighted by molar-refractivity contribution is 6.11. The number of hydrogen-bond donors (Lipinski definition) is 4. The van der Waals surface area contributed by atoms with Crippen molar-refractivity contribution in [3.63, 3.8) is 0 Å². The van der Waals surface area contributed by atoms with Crippen LogP contribution in [0.15, 0.2) is 59.7 Å². The second-order valence-electron chi connectivity index (χ2n) is 9.44. The molecule has 10 nitrogen and oxygen atoms in total. The molecule has 1 heterocycles. The number of aliphatic carboxylic acids is 2. The predicted octanol–water partition coefficient (Wildman–Crippen LogP) is 2.98. The van der Waals surface area contributed by atoms with E-state index in [-0.39, 0.29) is 30.3 Å². The Morgan fingerprint density at radius 2 is 1.87 bits per heavy atom. The van der Waals surface area contributed by atoms with Crippen molar-refractivity contribution in [3.8, 4) is 5.75 Å². The monoisotopic (exact) mass is 541 g/mol. The first kappa shape index (κ1) is 29.5. The lowest BCUT2D eigenvalue weighted by molar-refractivity contribution is -0.134. The maximum absolute atomic E-state index is 13.9. The normalized spacial score (nSPS) is 17.1. The Morgan fingerprint density at radius 3 is 2.54 bits per heavy atom. The third-order valence-corrected chi connectivity index (χ3v) is 6.02. The van der Waals surface area contributed by atoms with E-state index in [9.17, 15) is 23.9 Å². The number of halogens is 1. The average Bonchev–Trinajstić information content (AvgIpc) is 2.89. The summed E-state index contributed by atoms with van der Waals surface area (Å²) in [5.74, 6) is -2.47. The molecule has 0 fully saturated rings. The summed E-state index contributed by atoms with van der Waals surface area (Å²) in [5, 5.41) is 35.0. The van der Waals surface area contributed by atoms with Gasteiger partial charge in [-0.2, -0.15) is 10.1 Å². The largest absolute Gasteiger partial charge is 0.489 e. The van der Waals surface area contributed by atoms with Crippen LogP contribution in [0.5, 0.6) is 5.75 Å². The van der Waals surface area contributed by atoms with Gasteiger partial charge in [0.15, 0.2) is 0 Å². The number of carboxylic acid groups (broad SMARTS) is 2. The van der Waals surface area contributed by atoms with Crippen LogP contribution in [0.4, 0.5) is 10.1 Å². The van der Waals surface area contributed by atoms with Gasteiger partial charge in [0.2, 0.25) is 5.91 Å². The van der Waals surface area contributed by atoms with E-state index in [2.05, 4.69) is 10.4 Å². The first-order valence-corrected chi connectivity index (χ1v) is 12.5. The number of anilines is 1. The molecule has 2 aromatic rings. The lowest BCUT2D eigenvalue weighted by atomic mass is 9.79. The molecular weight excluding hydrogens is 509 g/mol. The number of carbonyl (C=O) groups is 3. The lowest BCUT2D eigenvalue weighted by Crippen LogP contribution is -2.40. The van der Waals surface area contributed by atoms with Crippen LogP contribution in [0, 0.1) is 11.7 Å². The minimum Gasteiger partial charge on any atom is -0.489 e. The number of hydrazone groups is 1. The molecule has 2 unspecified atom stereocenters. The molecule has 11 heteroatoms. The van der Waals surface area contributed by atoms with E-state index in [4.69, 9.17) is 14.9 Å². The highest BCUT2D eigenvalue weighted by Crippen LogP contribution is 2.36. The summed E-state index contributed by atoms with van der Waals surface area (Å²) in [4.78, 5) is 32.0. The predicted molar refractivity (Wildman–Crippen MR) is 142 cm³/mol. The van der Waals surface area contributed by atoms with Gasteiger partial charge in [0, 0.05) is 42.6 Å². The molecule has 1 aliphatic carbocycles. The third kappa shape index (κ3) is 8.45.